The van der Waals surface area contributed by atoms with Crippen molar-refractivity contribution in [3.8, 4) is 0 Å². The molecule has 5 nitrogen and oxygen atoms in total. The third-order valence-electron chi connectivity index (χ3n) is 2.36. The van der Waals surface area contributed by atoms with Crippen molar-refractivity contribution in [1.29, 1.82) is 0 Å². The third kappa shape index (κ3) is 4.28. The van der Waals surface area contributed by atoms with Crippen LogP contribution in [0, 0.1) is 0 Å². The van der Waals surface area contributed by atoms with Gasteiger partial charge in [-0.05, 0) is 27.8 Å². The van der Waals surface area contributed by atoms with E-state index in [1.54, 1.807) is 11.0 Å². The lowest BCUT2D eigenvalue weighted by Gasteiger charge is -2.24. The normalized spacial score (nSPS) is 14.1. The van der Waals surface area contributed by atoms with E-state index in [0.717, 1.165) is 12.2 Å². The van der Waals surface area contributed by atoms with E-state index in [1.165, 1.54) is 0 Å². The standard InChI is InChI=1S/C11H22N4O/c1-11(2,3)16-7-9(12-4)6-10-13-8-14-15(10)5/h8-9,12H,6-7H2,1-5H3. The lowest BCUT2D eigenvalue weighted by Crippen LogP contribution is -2.36. The molecule has 1 heterocycles. The molecular weight excluding hydrogens is 204 g/mol. The Hall–Kier alpha value is -0.940. The second-order valence-corrected chi connectivity index (χ2v) is 4.91. The van der Waals surface area contributed by atoms with Gasteiger partial charge in [0.15, 0.2) is 0 Å². The fraction of sp³-hybridized carbons (Fsp3) is 0.818. The van der Waals surface area contributed by atoms with E-state index < -0.39 is 0 Å². The van der Waals surface area contributed by atoms with Gasteiger partial charge >= 0.3 is 0 Å². The highest BCUT2D eigenvalue weighted by molar-refractivity contribution is 4.88. The van der Waals surface area contributed by atoms with E-state index in [9.17, 15) is 0 Å². The Balaban J connectivity index is 2.47. The van der Waals surface area contributed by atoms with Gasteiger partial charge in [0, 0.05) is 19.5 Å². The molecule has 0 amide bonds. The molecule has 0 spiro atoms. The molecule has 5 heteroatoms. The number of aromatic nitrogens is 3. The molecule has 1 N–H and O–H groups in total. The molecule has 1 aromatic heterocycles. The van der Waals surface area contributed by atoms with Gasteiger partial charge < -0.3 is 10.1 Å². The predicted molar refractivity (Wildman–Crippen MR) is 63.3 cm³/mol. The van der Waals surface area contributed by atoms with Crippen LogP contribution in [0.4, 0.5) is 0 Å². The minimum atomic E-state index is -0.102. The number of rotatable bonds is 5. The van der Waals surface area contributed by atoms with Gasteiger partial charge in [-0.15, -0.1) is 0 Å². The molecule has 16 heavy (non-hydrogen) atoms. The van der Waals surface area contributed by atoms with Crippen LogP contribution in [0.3, 0.4) is 0 Å². The highest BCUT2D eigenvalue weighted by Crippen LogP contribution is 2.08. The Morgan fingerprint density at radius 3 is 2.62 bits per heavy atom. The van der Waals surface area contributed by atoms with Crippen LogP contribution < -0.4 is 5.32 Å². The monoisotopic (exact) mass is 226 g/mol. The molecule has 1 rings (SSSR count). The van der Waals surface area contributed by atoms with Crippen molar-refractivity contribution in [1.82, 2.24) is 20.1 Å². The lowest BCUT2D eigenvalue weighted by molar-refractivity contribution is -0.0137. The van der Waals surface area contributed by atoms with E-state index in [0.29, 0.717) is 6.61 Å². The van der Waals surface area contributed by atoms with Gasteiger partial charge in [0.2, 0.25) is 0 Å². The minimum absolute atomic E-state index is 0.102. The highest BCUT2D eigenvalue weighted by atomic mass is 16.5. The van der Waals surface area contributed by atoms with Crippen molar-refractivity contribution in [3.05, 3.63) is 12.2 Å². The summed E-state index contributed by atoms with van der Waals surface area (Å²) in [5.74, 6) is 0.969. The van der Waals surface area contributed by atoms with Crippen molar-refractivity contribution >= 4 is 0 Å². The summed E-state index contributed by atoms with van der Waals surface area (Å²) in [6.45, 7) is 6.85. The molecule has 0 bridgehead atoms. The van der Waals surface area contributed by atoms with Crippen molar-refractivity contribution in [3.63, 3.8) is 0 Å². The molecule has 1 atom stereocenters. The van der Waals surface area contributed by atoms with Gasteiger partial charge in [-0.1, -0.05) is 0 Å². The molecule has 1 aromatic rings. The molecule has 0 saturated carbocycles. The Labute approximate surface area is 97.2 Å². The third-order valence-corrected chi connectivity index (χ3v) is 2.36. The van der Waals surface area contributed by atoms with Crippen LogP contribution in [-0.4, -0.2) is 40.1 Å². The van der Waals surface area contributed by atoms with Crippen molar-refractivity contribution in [2.45, 2.75) is 38.8 Å². The van der Waals surface area contributed by atoms with E-state index in [4.69, 9.17) is 4.74 Å². The summed E-state index contributed by atoms with van der Waals surface area (Å²) in [6, 6.07) is 0.266. The van der Waals surface area contributed by atoms with Crippen LogP contribution >= 0.6 is 0 Å². The maximum atomic E-state index is 5.75. The second-order valence-electron chi connectivity index (χ2n) is 4.91. The summed E-state index contributed by atoms with van der Waals surface area (Å²) >= 11 is 0. The molecule has 92 valence electrons. The summed E-state index contributed by atoms with van der Waals surface area (Å²) in [6.07, 6.45) is 2.40. The van der Waals surface area contributed by atoms with Crippen LogP contribution in [-0.2, 0) is 18.2 Å². The number of hydrogen-bond donors (Lipinski definition) is 1. The predicted octanol–water partition coefficient (Wildman–Crippen LogP) is 0.761. The first-order chi connectivity index (χ1) is 7.42. The van der Waals surface area contributed by atoms with E-state index in [2.05, 4.69) is 36.2 Å². The number of aryl methyl sites for hydroxylation is 1. The maximum absolute atomic E-state index is 5.75. The molecular formula is C11H22N4O. The summed E-state index contributed by atoms with van der Waals surface area (Å²) in [5.41, 5.74) is -0.102. The van der Waals surface area contributed by atoms with Gasteiger partial charge in [-0.2, -0.15) is 5.10 Å². The smallest absolute Gasteiger partial charge is 0.138 e. The van der Waals surface area contributed by atoms with Crippen LogP contribution in [0.15, 0.2) is 6.33 Å². The van der Waals surface area contributed by atoms with Crippen LogP contribution in [0.2, 0.25) is 0 Å². The molecule has 0 aromatic carbocycles. The van der Waals surface area contributed by atoms with Gasteiger partial charge in [0.25, 0.3) is 0 Å². The number of hydrogen-bond acceptors (Lipinski definition) is 4. The molecule has 0 aliphatic rings. The summed E-state index contributed by atoms with van der Waals surface area (Å²) in [7, 11) is 3.84. The topological polar surface area (TPSA) is 52.0 Å². The number of likely N-dealkylation sites (N-methyl/N-ethyl adjacent to an activating group) is 1. The van der Waals surface area contributed by atoms with Crippen LogP contribution in [0.25, 0.3) is 0 Å². The first-order valence-corrected chi connectivity index (χ1v) is 5.56. The van der Waals surface area contributed by atoms with Gasteiger partial charge in [0.1, 0.15) is 12.2 Å². The zero-order valence-corrected chi connectivity index (χ0v) is 10.8. The number of nitrogens with one attached hydrogen (secondary N) is 1. The van der Waals surface area contributed by atoms with Gasteiger partial charge in [-0.25, -0.2) is 4.98 Å². The maximum Gasteiger partial charge on any atom is 0.138 e. The molecule has 0 aliphatic heterocycles. The fourth-order valence-electron chi connectivity index (χ4n) is 1.32. The van der Waals surface area contributed by atoms with Crippen molar-refractivity contribution in [2.24, 2.45) is 7.05 Å². The van der Waals surface area contributed by atoms with E-state index >= 15 is 0 Å². The summed E-state index contributed by atoms with van der Waals surface area (Å²) in [4.78, 5) is 4.20. The Kier molecular flexibility index (Phi) is 4.44. The first kappa shape index (κ1) is 13.1. The summed E-state index contributed by atoms with van der Waals surface area (Å²) in [5, 5.41) is 7.28. The van der Waals surface area contributed by atoms with Crippen molar-refractivity contribution < 1.29 is 4.74 Å². The SMILES string of the molecule is CNC(COC(C)(C)C)Cc1ncnn1C. The van der Waals surface area contributed by atoms with Crippen molar-refractivity contribution in [2.75, 3.05) is 13.7 Å². The van der Waals surface area contributed by atoms with E-state index in [-0.39, 0.29) is 11.6 Å². The fourth-order valence-corrected chi connectivity index (χ4v) is 1.32. The second kappa shape index (κ2) is 5.41. The highest BCUT2D eigenvalue weighted by Gasteiger charge is 2.16. The van der Waals surface area contributed by atoms with E-state index in [1.807, 2.05) is 14.1 Å². The van der Waals surface area contributed by atoms with Crippen LogP contribution in [0.5, 0.6) is 0 Å². The number of ether oxygens (including phenoxy) is 1. The largest absolute Gasteiger partial charge is 0.374 e. The Morgan fingerprint density at radius 2 is 2.19 bits per heavy atom. The van der Waals surface area contributed by atoms with Gasteiger partial charge in [-0.3, -0.25) is 4.68 Å². The van der Waals surface area contributed by atoms with Gasteiger partial charge in [0.05, 0.1) is 12.2 Å². The molecule has 0 radical (unpaired) electrons. The molecule has 1 unspecified atom stereocenters. The average molecular weight is 226 g/mol. The quantitative estimate of drug-likeness (QED) is 0.805. The lowest BCUT2D eigenvalue weighted by atomic mass is 10.1. The molecule has 0 aliphatic carbocycles. The zero-order chi connectivity index (χ0) is 12.2. The minimum Gasteiger partial charge on any atom is -0.374 e. The Morgan fingerprint density at radius 1 is 1.50 bits per heavy atom. The number of nitrogens with zero attached hydrogens (tertiary/aromatic N) is 3. The first-order valence-electron chi connectivity index (χ1n) is 5.56. The average Bonchev–Trinajstić information content (AvgIpc) is 2.57. The Bertz CT molecular complexity index is 316. The summed E-state index contributed by atoms with van der Waals surface area (Å²) < 4.78 is 7.54. The molecule has 0 saturated heterocycles. The molecule has 0 fully saturated rings. The van der Waals surface area contributed by atoms with Crippen LogP contribution in [0.1, 0.15) is 26.6 Å². The zero-order valence-electron chi connectivity index (χ0n) is 10.8.